The Kier molecular flexibility index (Phi) is 19.5. The van der Waals surface area contributed by atoms with Gasteiger partial charge in [0.25, 0.3) is 0 Å². The van der Waals surface area contributed by atoms with Crippen molar-refractivity contribution < 1.29 is 23.8 Å². The van der Waals surface area contributed by atoms with E-state index in [0.29, 0.717) is 44.1 Å². The first-order valence-electron chi connectivity index (χ1n) is 28.9. The summed E-state index contributed by atoms with van der Waals surface area (Å²) in [5.41, 5.74) is 17.5. The number of aryl methyl sites for hydroxylation is 1. The first-order valence-corrected chi connectivity index (χ1v) is 28.9. The van der Waals surface area contributed by atoms with E-state index in [1.54, 1.807) is 7.11 Å². The van der Waals surface area contributed by atoms with Crippen LogP contribution in [0.15, 0.2) is 243 Å². The van der Waals surface area contributed by atoms with Gasteiger partial charge in [0.2, 0.25) is 5.91 Å². The van der Waals surface area contributed by atoms with Crippen LogP contribution in [0.4, 0.5) is 4.79 Å². The molecule has 9 aromatic rings. The number of fused-ring (bicyclic) bond motifs is 3. The Bertz CT molecular complexity index is 3310. The summed E-state index contributed by atoms with van der Waals surface area (Å²) in [6, 6.07) is 83.4. The van der Waals surface area contributed by atoms with Crippen molar-refractivity contribution in [3.63, 3.8) is 0 Å². The Balaban J connectivity index is 0.855. The van der Waals surface area contributed by atoms with Crippen molar-refractivity contribution >= 4 is 12.0 Å². The van der Waals surface area contributed by atoms with Gasteiger partial charge in [-0.05, 0) is 91.4 Å². The zero-order chi connectivity index (χ0) is 57.1. The predicted octanol–water partition coefficient (Wildman–Crippen LogP) is 11.6. The molecule has 0 saturated carbocycles. The van der Waals surface area contributed by atoms with Gasteiger partial charge >= 0.3 is 6.09 Å². The van der Waals surface area contributed by atoms with E-state index >= 15 is 0 Å². The lowest BCUT2D eigenvalue weighted by Crippen LogP contribution is -2.49. The standard InChI is InChI=1S/C72H74N6O5/c1-81-67-40-38-54(51-68(67)82-52-55-22-21-33-61(50-55)72(59-29-13-5-14-30-59,60-31-15-6-16-32-60)76-45-44-74-43-42-73)39-41-69(79)78(48-46-75-70(80)83-53-66-64-36-19-17-34-62(64)63-35-18-20-37-65(63)66)49-47-77-71(56-23-7-2-8-24-56,57-25-9-3-10-26-57)58-27-11-4-12-28-58/h2-38,40,50-51,66,74,76-77H,39,41-49,52-53,73H2,1H3,(H,75,80). The number of methoxy groups -OCH3 is 1. The number of nitrogens with zero attached hydrogens (tertiary/aromatic N) is 1. The molecule has 10 rings (SSSR count). The van der Waals surface area contributed by atoms with Crippen molar-refractivity contribution in [2.45, 2.75) is 36.4 Å². The van der Waals surface area contributed by atoms with Crippen LogP contribution in [-0.4, -0.2) is 83.0 Å². The van der Waals surface area contributed by atoms with Gasteiger partial charge in [0.15, 0.2) is 11.5 Å². The molecule has 0 atom stereocenters. The van der Waals surface area contributed by atoms with Crippen LogP contribution in [0, 0.1) is 0 Å². The van der Waals surface area contributed by atoms with Gasteiger partial charge in [-0.2, -0.15) is 0 Å². The predicted molar refractivity (Wildman–Crippen MR) is 332 cm³/mol. The van der Waals surface area contributed by atoms with E-state index in [0.717, 1.165) is 79.9 Å². The van der Waals surface area contributed by atoms with Crippen molar-refractivity contribution in [3.05, 3.63) is 298 Å². The molecule has 11 heteroatoms. The van der Waals surface area contributed by atoms with E-state index in [4.69, 9.17) is 19.9 Å². The van der Waals surface area contributed by atoms with Gasteiger partial charge in [-0.1, -0.05) is 224 Å². The fourth-order valence-corrected chi connectivity index (χ4v) is 11.8. The molecular formula is C72H74N6O5. The number of hydrogen-bond acceptors (Lipinski definition) is 9. The minimum atomic E-state index is -0.731. The molecule has 6 N–H and O–H groups in total. The van der Waals surface area contributed by atoms with Crippen LogP contribution >= 0.6 is 0 Å². The van der Waals surface area contributed by atoms with Gasteiger partial charge in [-0.15, -0.1) is 0 Å². The molecule has 422 valence electrons. The first-order chi connectivity index (χ1) is 40.9. The van der Waals surface area contributed by atoms with Gasteiger partial charge in [0.1, 0.15) is 13.2 Å². The number of hydrogen-bond donors (Lipinski definition) is 5. The Morgan fingerprint density at radius 2 is 0.988 bits per heavy atom. The Hall–Kier alpha value is -8.84. The lowest BCUT2D eigenvalue weighted by atomic mass is 9.76. The molecule has 83 heavy (non-hydrogen) atoms. The molecular weight excluding hydrogens is 1030 g/mol. The van der Waals surface area contributed by atoms with Crippen LogP contribution in [0.1, 0.15) is 68.0 Å². The van der Waals surface area contributed by atoms with Crippen molar-refractivity contribution in [1.29, 1.82) is 0 Å². The molecule has 1 aliphatic rings. The number of rotatable bonds is 28. The van der Waals surface area contributed by atoms with Crippen molar-refractivity contribution in [2.75, 3.05) is 66.1 Å². The van der Waals surface area contributed by atoms with Crippen LogP contribution in [0.25, 0.3) is 11.1 Å². The number of ether oxygens (including phenoxy) is 3. The van der Waals surface area contributed by atoms with E-state index in [1.807, 2.05) is 77.7 Å². The molecule has 0 saturated heterocycles. The van der Waals surface area contributed by atoms with Crippen LogP contribution in [-0.2, 0) is 33.6 Å². The Labute approximate surface area is 488 Å². The topological polar surface area (TPSA) is 139 Å². The van der Waals surface area contributed by atoms with Crippen LogP contribution in [0.2, 0.25) is 0 Å². The summed E-state index contributed by atoms with van der Waals surface area (Å²) in [5, 5.41) is 14.3. The van der Waals surface area contributed by atoms with Crippen molar-refractivity contribution in [2.24, 2.45) is 5.73 Å². The minimum Gasteiger partial charge on any atom is -0.493 e. The van der Waals surface area contributed by atoms with E-state index in [9.17, 15) is 9.59 Å². The summed E-state index contributed by atoms with van der Waals surface area (Å²) in [7, 11) is 1.64. The highest BCUT2D eigenvalue weighted by atomic mass is 16.5. The average Bonchev–Trinajstić information content (AvgIpc) is 3.96. The fraction of sp³-hybridized carbons (Fsp3) is 0.222. The fourth-order valence-electron chi connectivity index (χ4n) is 11.8. The van der Waals surface area contributed by atoms with Gasteiger partial charge in [-0.3, -0.25) is 15.4 Å². The maximum absolute atomic E-state index is 14.7. The molecule has 0 fully saturated rings. The second-order valence-corrected chi connectivity index (χ2v) is 20.8. The molecule has 0 radical (unpaired) electrons. The largest absolute Gasteiger partial charge is 0.493 e. The highest BCUT2D eigenvalue weighted by molar-refractivity contribution is 5.79. The molecule has 0 bridgehead atoms. The lowest BCUT2D eigenvalue weighted by molar-refractivity contribution is -0.131. The monoisotopic (exact) mass is 1100 g/mol. The Morgan fingerprint density at radius 1 is 0.494 bits per heavy atom. The smallest absolute Gasteiger partial charge is 0.407 e. The van der Waals surface area contributed by atoms with Crippen LogP contribution in [0.5, 0.6) is 11.5 Å². The summed E-state index contributed by atoms with van der Waals surface area (Å²) >= 11 is 0. The molecule has 1 aliphatic carbocycles. The van der Waals surface area contributed by atoms with Crippen LogP contribution < -0.4 is 36.5 Å². The maximum atomic E-state index is 14.7. The normalized spacial score (nSPS) is 12.0. The molecule has 9 aromatic carbocycles. The summed E-state index contributed by atoms with van der Waals surface area (Å²) < 4.78 is 18.4. The maximum Gasteiger partial charge on any atom is 0.407 e. The van der Waals surface area contributed by atoms with Gasteiger partial charge < -0.3 is 35.5 Å². The first kappa shape index (κ1) is 57.4. The molecule has 2 amide bonds. The number of nitrogens with two attached hydrogens (primary N) is 1. The number of amides is 2. The quantitative estimate of drug-likeness (QED) is 0.0240. The molecule has 0 unspecified atom stereocenters. The average molecular weight is 1100 g/mol. The summed E-state index contributed by atoms with van der Waals surface area (Å²) in [6.45, 7) is 4.50. The zero-order valence-electron chi connectivity index (χ0n) is 47.2. The van der Waals surface area contributed by atoms with E-state index < -0.39 is 17.2 Å². The van der Waals surface area contributed by atoms with E-state index in [2.05, 4.69) is 191 Å². The van der Waals surface area contributed by atoms with Crippen molar-refractivity contribution in [1.82, 2.24) is 26.2 Å². The number of benzene rings is 9. The lowest BCUT2D eigenvalue weighted by Gasteiger charge is -2.38. The van der Waals surface area contributed by atoms with Gasteiger partial charge in [0.05, 0.1) is 18.2 Å². The third-order valence-corrected chi connectivity index (χ3v) is 15.8. The van der Waals surface area contributed by atoms with Gasteiger partial charge in [-0.25, -0.2) is 4.79 Å². The second-order valence-electron chi connectivity index (χ2n) is 20.8. The number of carbonyl (C=O) groups excluding carboxylic acids is 2. The zero-order valence-corrected chi connectivity index (χ0v) is 47.2. The number of carbonyl (C=O) groups is 2. The molecule has 0 aliphatic heterocycles. The summed E-state index contributed by atoms with van der Waals surface area (Å²) in [5.74, 6) is 1.05. The minimum absolute atomic E-state index is 0.0509. The molecule has 11 nitrogen and oxygen atoms in total. The van der Waals surface area contributed by atoms with E-state index in [-0.39, 0.29) is 44.5 Å². The molecule has 0 heterocycles. The Morgan fingerprint density at radius 3 is 1.53 bits per heavy atom. The summed E-state index contributed by atoms with van der Waals surface area (Å²) in [4.78, 5) is 30.1. The summed E-state index contributed by atoms with van der Waals surface area (Å²) in [6.07, 6.45) is 0.139. The highest BCUT2D eigenvalue weighted by Gasteiger charge is 2.38. The SMILES string of the molecule is COc1ccc(CCC(=O)N(CCNC(=O)OCC2c3ccccc3-c3ccccc32)CCNC(c2ccccc2)(c2ccccc2)c2ccccc2)cc1OCc1cccc(C(NCCNCCN)(c2ccccc2)c2ccccc2)c1. The third kappa shape index (κ3) is 13.4. The number of alkyl carbamates (subject to hydrolysis) is 1. The number of nitrogens with one attached hydrogen (secondary N) is 4. The van der Waals surface area contributed by atoms with Gasteiger partial charge in [0, 0.05) is 64.7 Å². The van der Waals surface area contributed by atoms with Crippen molar-refractivity contribution in [3.8, 4) is 22.6 Å². The second kappa shape index (κ2) is 28.2. The third-order valence-electron chi connectivity index (χ3n) is 15.8. The van der Waals surface area contributed by atoms with Crippen LogP contribution in [0.3, 0.4) is 0 Å². The highest BCUT2D eigenvalue weighted by Crippen LogP contribution is 2.45. The van der Waals surface area contributed by atoms with E-state index in [1.165, 1.54) is 0 Å². The molecule has 0 aromatic heterocycles. The molecule has 0 spiro atoms.